The third kappa shape index (κ3) is 2.04. The highest BCUT2D eigenvalue weighted by atomic mass is 31.0. The molecule has 0 aliphatic heterocycles. The number of imidazole rings is 1. The molecule has 2 aromatic rings. The summed E-state index contributed by atoms with van der Waals surface area (Å²) >= 11 is 0. The number of carbonyl (C=O) groups is 1. The Morgan fingerprint density at radius 2 is 2.30 bits per heavy atom. The Labute approximate surface area is 117 Å². The van der Waals surface area contributed by atoms with E-state index in [1.54, 1.807) is 6.07 Å². The van der Waals surface area contributed by atoms with Crippen molar-refractivity contribution in [3.8, 4) is 0 Å². The minimum Gasteiger partial charge on any atom is -0.481 e. The fourth-order valence-corrected chi connectivity index (χ4v) is 2.79. The molecule has 20 heavy (non-hydrogen) atoms. The van der Waals surface area contributed by atoms with Crippen LogP contribution < -0.4 is 5.09 Å². The molecule has 1 saturated carbocycles. The molecule has 0 bridgehead atoms. The van der Waals surface area contributed by atoms with Crippen LogP contribution in [0.4, 0.5) is 10.3 Å². The molecule has 1 aliphatic rings. The molecule has 1 aliphatic carbocycles. The molecule has 1 atom stereocenters. The lowest BCUT2D eigenvalue weighted by Gasteiger charge is -2.29. The summed E-state index contributed by atoms with van der Waals surface area (Å²) < 4.78 is 16.5. The van der Waals surface area contributed by atoms with E-state index in [0.29, 0.717) is 17.0 Å². The van der Waals surface area contributed by atoms with Crippen molar-refractivity contribution >= 4 is 32.3 Å². The Morgan fingerprint density at radius 3 is 2.85 bits per heavy atom. The van der Waals surface area contributed by atoms with Crippen LogP contribution in [-0.4, -0.2) is 20.6 Å². The van der Waals surface area contributed by atoms with Crippen molar-refractivity contribution in [1.82, 2.24) is 9.55 Å². The molecule has 3 rings (SSSR count). The van der Waals surface area contributed by atoms with E-state index in [1.807, 2.05) is 4.57 Å². The minimum atomic E-state index is -1.04. The third-order valence-electron chi connectivity index (χ3n) is 3.78. The number of hydrogen-bond acceptors (Lipinski definition) is 3. The molecule has 1 fully saturated rings. The van der Waals surface area contributed by atoms with Crippen molar-refractivity contribution in [2.75, 3.05) is 5.09 Å². The van der Waals surface area contributed by atoms with E-state index in [9.17, 15) is 9.18 Å². The lowest BCUT2D eigenvalue weighted by Crippen LogP contribution is -2.18. The van der Waals surface area contributed by atoms with Gasteiger partial charge in [0.05, 0.1) is 11.9 Å². The van der Waals surface area contributed by atoms with Gasteiger partial charge in [-0.2, -0.15) is 0 Å². The number of hydrogen-bond donors (Lipinski definition) is 2. The molecule has 1 aromatic carbocycles. The Bertz CT molecular complexity index is 682. The lowest BCUT2D eigenvalue weighted by molar-refractivity contribution is -0.136. The smallest absolute Gasteiger partial charge is 0.307 e. The first kappa shape index (κ1) is 13.3. The average molecular weight is 295 g/mol. The first-order valence-electron chi connectivity index (χ1n) is 6.49. The van der Waals surface area contributed by atoms with Gasteiger partial charge in [-0.15, -0.1) is 0 Å². The second kappa shape index (κ2) is 5.02. The zero-order valence-electron chi connectivity index (χ0n) is 10.8. The second-order valence-corrected chi connectivity index (χ2v) is 5.30. The standard InChI is InChI=1S/C13H15FN3O2P/c14-11-7(6-10(18)19)4-5-9-12(11)17(8-2-1-3-8)13(15-9)16-20/h4-5,8H,1-3,6,20H2,(H,15,16)(H,18,19). The molecule has 0 radical (unpaired) electrons. The number of anilines is 1. The van der Waals surface area contributed by atoms with Crippen molar-refractivity contribution in [3.05, 3.63) is 23.5 Å². The van der Waals surface area contributed by atoms with Crippen LogP contribution in [0.25, 0.3) is 11.0 Å². The van der Waals surface area contributed by atoms with Gasteiger partial charge < -0.3 is 14.8 Å². The number of aromatic nitrogens is 2. The van der Waals surface area contributed by atoms with E-state index in [4.69, 9.17) is 5.11 Å². The molecule has 1 aromatic heterocycles. The molecule has 1 unspecified atom stereocenters. The van der Waals surface area contributed by atoms with Gasteiger partial charge in [0.2, 0.25) is 5.95 Å². The van der Waals surface area contributed by atoms with Crippen LogP contribution in [0.15, 0.2) is 12.1 Å². The third-order valence-corrected chi connectivity index (χ3v) is 4.04. The number of carboxylic acid groups (broad SMARTS) is 1. The van der Waals surface area contributed by atoms with Crippen LogP contribution in [0.2, 0.25) is 0 Å². The van der Waals surface area contributed by atoms with Crippen molar-refractivity contribution in [2.45, 2.75) is 31.7 Å². The SMILES string of the molecule is O=C(O)Cc1ccc2nc(NP)n(C3CCC3)c2c1F. The summed E-state index contributed by atoms with van der Waals surface area (Å²) in [4.78, 5) is 15.2. The molecule has 0 saturated heterocycles. The number of fused-ring (bicyclic) bond motifs is 1. The maximum atomic E-state index is 14.6. The van der Waals surface area contributed by atoms with Crippen LogP contribution >= 0.6 is 9.39 Å². The van der Waals surface area contributed by atoms with Crippen LogP contribution in [0.1, 0.15) is 30.9 Å². The van der Waals surface area contributed by atoms with Crippen LogP contribution in [-0.2, 0) is 11.2 Å². The Morgan fingerprint density at radius 1 is 1.55 bits per heavy atom. The van der Waals surface area contributed by atoms with Gasteiger partial charge in [-0.25, -0.2) is 9.37 Å². The van der Waals surface area contributed by atoms with E-state index in [0.717, 1.165) is 19.3 Å². The Balaban J connectivity index is 2.20. The van der Waals surface area contributed by atoms with Crippen molar-refractivity contribution in [1.29, 1.82) is 0 Å². The van der Waals surface area contributed by atoms with Gasteiger partial charge in [0.15, 0.2) is 5.82 Å². The zero-order chi connectivity index (χ0) is 14.3. The highest BCUT2D eigenvalue weighted by molar-refractivity contribution is 7.18. The first-order chi connectivity index (χ1) is 9.61. The highest BCUT2D eigenvalue weighted by Crippen LogP contribution is 2.38. The number of halogens is 1. The molecule has 106 valence electrons. The summed E-state index contributed by atoms with van der Waals surface area (Å²) in [7, 11) is 2.37. The van der Waals surface area contributed by atoms with Gasteiger partial charge in [-0.05, 0) is 34.7 Å². The van der Waals surface area contributed by atoms with Crippen molar-refractivity contribution in [3.63, 3.8) is 0 Å². The number of carboxylic acids is 1. The van der Waals surface area contributed by atoms with Crippen LogP contribution in [0.3, 0.4) is 0 Å². The largest absolute Gasteiger partial charge is 0.481 e. The summed E-state index contributed by atoms with van der Waals surface area (Å²) in [5.74, 6) is -0.917. The van der Waals surface area contributed by atoms with Gasteiger partial charge in [-0.1, -0.05) is 6.07 Å². The van der Waals surface area contributed by atoms with Gasteiger partial charge in [-0.3, -0.25) is 4.79 Å². The number of aliphatic carboxylic acids is 1. The fourth-order valence-electron chi connectivity index (χ4n) is 2.59. The molecule has 0 spiro atoms. The summed E-state index contributed by atoms with van der Waals surface area (Å²) in [6, 6.07) is 3.41. The molecule has 0 amide bonds. The predicted octanol–water partition coefficient (Wildman–Crippen LogP) is 2.73. The topological polar surface area (TPSA) is 67.2 Å². The molecular formula is C13H15FN3O2P. The maximum Gasteiger partial charge on any atom is 0.307 e. The number of rotatable bonds is 4. The van der Waals surface area contributed by atoms with Gasteiger partial charge >= 0.3 is 5.97 Å². The lowest BCUT2D eigenvalue weighted by atomic mass is 9.92. The second-order valence-electron chi connectivity index (χ2n) is 5.01. The van der Waals surface area contributed by atoms with Gasteiger partial charge in [0.1, 0.15) is 5.52 Å². The number of nitrogens with zero attached hydrogens (tertiary/aromatic N) is 2. The molecule has 5 nitrogen and oxygen atoms in total. The predicted molar refractivity (Wildman–Crippen MR) is 77.3 cm³/mol. The van der Waals surface area contributed by atoms with Gasteiger partial charge in [0.25, 0.3) is 0 Å². The maximum absolute atomic E-state index is 14.6. The van der Waals surface area contributed by atoms with E-state index >= 15 is 0 Å². The zero-order valence-corrected chi connectivity index (χ0v) is 11.9. The van der Waals surface area contributed by atoms with Crippen molar-refractivity contribution < 1.29 is 14.3 Å². The quantitative estimate of drug-likeness (QED) is 0.851. The summed E-state index contributed by atoms with van der Waals surface area (Å²) in [6.07, 6.45) is 2.79. The summed E-state index contributed by atoms with van der Waals surface area (Å²) in [6.45, 7) is 0. The monoisotopic (exact) mass is 295 g/mol. The normalized spacial score (nSPS) is 15.3. The molecule has 7 heteroatoms. The fraction of sp³-hybridized carbons (Fsp3) is 0.385. The Hall–Kier alpha value is -1.68. The summed E-state index contributed by atoms with van der Waals surface area (Å²) in [5.41, 5.74) is 1.15. The van der Waals surface area contributed by atoms with E-state index in [-0.39, 0.29) is 18.0 Å². The van der Waals surface area contributed by atoms with Crippen LogP contribution in [0.5, 0.6) is 0 Å². The molecular weight excluding hydrogens is 280 g/mol. The number of benzene rings is 1. The summed E-state index contributed by atoms with van der Waals surface area (Å²) in [5, 5.41) is 11.8. The minimum absolute atomic E-state index is 0.195. The Kier molecular flexibility index (Phi) is 3.34. The van der Waals surface area contributed by atoms with Gasteiger partial charge in [0, 0.05) is 11.6 Å². The van der Waals surface area contributed by atoms with E-state index < -0.39 is 11.8 Å². The van der Waals surface area contributed by atoms with Crippen molar-refractivity contribution in [2.24, 2.45) is 0 Å². The highest BCUT2D eigenvalue weighted by Gasteiger charge is 2.27. The number of nitrogens with one attached hydrogen (secondary N) is 1. The average Bonchev–Trinajstić information content (AvgIpc) is 2.70. The van der Waals surface area contributed by atoms with E-state index in [2.05, 4.69) is 19.5 Å². The van der Waals surface area contributed by atoms with Crippen LogP contribution in [0, 0.1) is 5.82 Å². The first-order valence-corrected chi connectivity index (χ1v) is 7.07. The van der Waals surface area contributed by atoms with E-state index in [1.165, 1.54) is 6.07 Å². The molecule has 1 heterocycles. The molecule has 2 N–H and O–H groups in total.